The number of aliphatic imine (C=N–C) groups is 2. The highest BCUT2D eigenvalue weighted by Crippen LogP contribution is 2.62. The summed E-state index contributed by atoms with van der Waals surface area (Å²) in [5, 5.41) is 12.7. The molecule has 3 unspecified atom stereocenters. The Morgan fingerprint density at radius 3 is 2.57 bits per heavy atom. The van der Waals surface area contributed by atoms with Crippen LogP contribution in [-0.2, 0) is 15.8 Å². The number of carbonyl (C=O) groups excluding carboxylic acids is 3. The zero-order chi connectivity index (χ0) is 36.5. The highest BCUT2D eigenvalue weighted by atomic mass is 79.9. The molecule has 266 valence electrons. The summed E-state index contributed by atoms with van der Waals surface area (Å²) in [5.41, 5.74) is 3.98. The summed E-state index contributed by atoms with van der Waals surface area (Å²) >= 11 is 9.15. The minimum Gasteiger partial charge on any atom is -0.504 e. The minimum absolute atomic E-state index is 0.0347. The van der Waals surface area contributed by atoms with E-state index < -0.39 is 17.6 Å². The smallest absolute Gasteiger partial charge is 0.416 e. The Hall–Kier alpha value is -3.73. The summed E-state index contributed by atoms with van der Waals surface area (Å²) < 4.78 is 38.6. The van der Waals surface area contributed by atoms with E-state index in [1.165, 1.54) is 17.7 Å². The number of likely N-dealkylation sites (tertiary alicyclic amines) is 1. The molecule has 2 fully saturated rings. The van der Waals surface area contributed by atoms with Gasteiger partial charge in [-0.05, 0) is 86.2 Å². The predicted molar refractivity (Wildman–Crippen MR) is 185 cm³/mol. The van der Waals surface area contributed by atoms with Crippen LogP contribution in [0.5, 0.6) is 5.75 Å². The second-order valence-electron chi connectivity index (χ2n) is 11.5. The Labute approximate surface area is 296 Å². The number of allylic oxidation sites excluding steroid dienone is 2. The molecule has 3 atom stereocenters. The van der Waals surface area contributed by atoms with Gasteiger partial charge in [0.25, 0.3) is 0 Å². The number of hydrogen-bond acceptors (Lipinski definition) is 9. The number of hydrazine groups is 1. The van der Waals surface area contributed by atoms with Gasteiger partial charge < -0.3 is 15.3 Å². The Morgan fingerprint density at radius 1 is 1.24 bits per heavy atom. The molecular weight excluding hydrogens is 733 g/mol. The van der Waals surface area contributed by atoms with Gasteiger partial charge in [-0.2, -0.15) is 13.2 Å². The summed E-state index contributed by atoms with van der Waals surface area (Å²) in [6.07, 6.45) is 3.31. The van der Waals surface area contributed by atoms with Crippen LogP contribution in [0.1, 0.15) is 61.3 Å². The summed E-state index contributed by atoms with van der Waals surface area (Å²) in [5.74, 6) is -0.120. The molecule has 2 heterocycles. The van der Waals surface area contributed by atoms with Crippen LogP contribution in [0.3, 0.4) is 0 Å². The maximum absolute atomic E-state index is 12.8. The van der Waals surface area contributed by atoms with E-state index >= 15 is 0 Å². The van der Waals surface area contributed by atoms with Crippen molar-refractivity contribution in [1.82, 2.24) is 25.3 Å². The lowest BCUT2D eigenvalue weighted by atomic mass is 9.72. The molecule has 1 aliphatic heterocycles. The van der Waals surface area contributed by atoms with Crippen molar-refractivity contribution in [3.63, 3.8) is 0 Å². The molecule has 1 saturated carbocycles. The van der Waals surface area contributed by atoms with Crippen molar-refractivity contribution < 1.29 is 32.7 Å². The number of nitrogens with zero attached hydrogens (tertiary/aromatic N) is 6. The molecule has 3 aliphatic rings. The fourth-order valence-electron chi connectivity index (χ4n) is 6.00. The summed E-state index contributed by atoms with van der Waals surface area (Å²) in [4.78, 5) is 52.6. The number of benzene rings is 1. The van der Waals surface area contributed by atoms with E-state index in [1.54, 1.807) is 14.0 Å². The minimum atomic E-state index is -4.52. The van der Waals surface area contributed by atoms with Crippen molar-refractivity contribution in [2.24, 2.45) is 21.3 Å². The fraction of sp³-hybridized carbons (Fsp3) is 0.469. The number of amidine groups is 1. The average Bonchev–Trinajstić information content (AvgIpc) is 3.80. The predicted octanol–water partition coefficient (Wildman–Crippen LogP) is 5.80. The number of carbonyl (C=O) groups is 3. The number of hydrogen-bond donors (Lipinski definition) is 3. The number of piperidine rings is 1. The fourth-order valence-corrected chi connectivity index (χ4v) is 6.62. The maximum Gasteiger partial charge on any atom is 0.416 e. The van der Waals surface area contributed by atoms with Gasteiger partial charge in [-0.1, -0.05) is 25.4 Å². The van der Waals surface area contributed by atoms with Crippen LogP contribution < -0.4 is 10.7 Å². The quantitative estimate of drug-likeness (QED) is 0.0995. The third-order valence-corrected chi connectivity index (χ3v) is 9.18. The average molecular weight is 772 g/mol. The van der Waals surface area contributed by atoms with Gasteiger partial charge >= 0.3 is 6.18 Å². The van der Waals surface area contributed by atoms with Gasteiger partial charge in [0.1, 0.15) is 24.6 Å². The lowest BCUT2D eigenvalue weighted by Gasteiger charge is -2.38. The van der Waals surface area contributed by atoms with Crippen LogP contribution in [0.4, 0.5) is 18.9 Å². The second kappa shape index (κ2) is 17.3. The standard InChI is InChI=1S/C24H27BrClF3N6O2.C6H6N2O2.C2H6/c1-34-8-7-23(15-10-20(15)34)6-5-18(16(23)12-36)30-13-31-22(25)33-35(2)11-21(37)32-19-4-3-14(9-17(19)26)24(27,28)29;1-4-6(10)5(2-9)8-3-7-4;1-2/h3-4,9,12-13,15,20H,5-8,10-11H2,1-2H3,(H,32,37)(H,30,31,33);2-3,10H,1H3;1-2H3. The Balaban J connectivity index is 0.000000460. The number of fused-ring (bicyclic) bond motifs is 2. The van der Waals surface area contributed by atoms with E-state index in [2.05, 4.69) is 58.6 Å². The Bertz CT molecular complexity index is 1620. The largest absolute Gasteiger partial charge is 0.504 e. The Morgan fingerprint density at radius 2 is 1.96 bits per heavy atom. The number of aryl methyl sites for hydroxylation is 1. The number of aromatic hydroxyl groups is 1. The first-order valence-electron chi connectivity index (χ1n) is 15.4. The molecule has 2 aromatic rings. The lowest BCUT2D eigenvalue weighted by Crippen LogP contribution is -2.41. The second-order valence-corrected chi connectivity index (χ2v) is 12.6. The molecule has 12 nitrogen and oxygen atoms in total. The van der Waals surface area contributed by atoms with Crippen molar-refractivity contribution in [3.8, 4) is 5.75 Å². The summed E-state index contributed by atoms with van der Waals surface area (Å²) in [7, 11) is 3.72. The lowest BCUT2D eigenvalue weighted by molar-refractivity contribution is -0.137. The third-order valence-electron chi connectivity index (χ3n) is 8.48. The topological polar surface area (TPSA) is 152 Å². The van der Waals surface area contributed by atoms with E-state index in [0.29, 0.717) is 23.9 Å². The number of rotatable bonds is 8. The molecule has 3 N–H and O–H groups in total. The molecule has 17 heteroatoms. The number of anilines is 1. The van der Waals surface area contributed by atoms with Gasteiger partial charge in [0.2, 0.25) is 5.91 Å². The van der Waals surface area contributed by atoms with Gasteiger partial charge in [-0.15, -0.1) is 0 Å². The van der Waals surface area contributed by atoms with Gasteiger partial charge in [0, 0.05) is 29.8 Å². The van der Waals surface area contributed by atoms with Crippen molar-refractivity contribution in [2.75, 3.05) is 32.5 Å². The molecule has 0 radical (unpaired) electrons. The number of nitrogens with one attached hydrogen (secondary N) is 2. The Kier molecular flexibility index (Phi) is 14.0. The van der Waals surface area contributed by atoms with Crippen molar-refractivity contribution in [2.45, 2.75) is 58.7 Å². The van der Waals surface area contributed by atoms with Gasteiger partial charge in [0.15, 0.2) is 16.8 Å². The molecule has 1 amide bonds. The van der Waals surface area contributed by atoms with Crippen LogP contribution in [0, 0.1) is 18.3 Å². The van der Waals surface area contributed by atoms with E-state index in [-0.39, 0.29) is 38.9 Å². The number of likely N-dealkylation sites (N-methyl/N-ethyl adjacent to an activating group) is 1. The third kappa shape index (κ3) is 9.93. The molecule has 1 aromatic heterocycles. The summed E-state index contributed by atoms with van der Waals surface area (Å²) in [6.45, 7) is 6.43. The SMILES string of the molecule is CC.CN(CC(=O)Nc1ccc(C(F)(F)F)cc1Cl)NC(Br)=NC=NC1=C(C=O)C2(CC1)CCN(C)C1CC12.Cc1ncnc(C=O)c1O. The molecule has 5 rings (SSSR count). The number of aromatic nitrogens is 2. The summed E-state index contributed by atoms with van der Waals surface area (Å²) in [6, 6.07) is 3.27. The molecule has 0 bridgehead atoms. The first-order chi connectivity index (χ1) is 23.2. The van der Waals surface area contributed by atoms with Gasteiger partial charge in [-0.25, -0.2) is 25.0 Å². The van der Waals surface area contributed by atoms with Crippen molar-refractivity contribution >= 4 is 62.8 Å². The van der Waals surface area contributed by atoms with Crippen molar-refractivity contribution in [3.05, 3.63) is 57.8 Å². The molecule has 1 saturated heterocycles. The zero-order valence-corrected chi connectivity index (χ0v) is 30.0. The van der Waals surface area contributed by atoms with E-state index in [1.807, 2.05) is 13.8 Å². The van der Waals surface area contributed by atoms with Crippen LogP contribution in [0.2, 0.25) is 5.02 Å². The molecule has 1 spiro atoms. The van der Waals surface area contributed by atoms with Gasteiger partial charge in [-0.3, -0.25) is 19.8 Å². The van der Waals surface area contributed by atoms with Crippen LogP contribution in [-0.4, -0.2) is 87.8 Å². The first kappa shape index (κ1) is 39.7. The first-order valence-corrected chi connectivity index (χ1v) is 16.6. The maximum atomic E-state index is 12.8. The highest BCUT2D eigenvalue weighted by molar-refractivity contribution is 9.18. The van der Waals surface area contributed by atoms with Crippen LogP contribution in [0.25, 0.3) is 0 Å². The molecule has 2 aliphatic carbocycles. The van der Waals surface area contributed by atoms with Crippen molar-refractivity contribution in [1.29, 1.82) is 0 Å². The normalized spacial score (nSPS) is 21.8. The zero-order valence-electron chi connectivity index (χ0n) is 27.7. The number of alkyl halides is 3. The van der Waals surface area contributed by atoms with E-state index in [0.717, 1.165) is 68.0 Å². The number of amides is 1. The van der Waals surface area contributed by atoms with Gasteiger partial charge in [0.05, 0.1) is 28.5 Å². The van der Waals surface area contributed by atoms with E-state index in [9.17, 15) is 27.6 Å². The van der Waals surface area contributed by atoms with Crippen LogP contribution >= 0.6 is 27.5 Å². The number of halogens is 5. The van der Waals surface area contributed by atoms with E-state index in [4.69, 9.17) is 16.7 Å². The van der Waals surface area contributed by atoms with Crippen LogP contribution in [0.15, 0.2) is 45.8 Å². The monoisotopic (exact) mass is 770 g/mol. The molecule has 49 heavy (non-hydrogen) atoms. The highest BCUT2D eigenvalue weighted by Gasteiger charge is 2.60. The molecular formula is C32H39BrClF3N8O4. The number of aldehydes is 2. The molecule has 1 aromatic carbocycles.